The van der Waals surface area contributed by atoms with Crippen molar-refractivity contribution in [2.75, 3.05) is 17.2 Å². The number of hydrogen-bond donors (Lipinski definition) is 3. The fourth-order valence-electron chi connectivity index (χ4n) is 4.10. The van der Waals surface area contributed by atoms with E-state index in [1.165, 1.54) is 16.9 Å². The topological polar surface area (TPSA) is 105 Å². The molecule has 0 aliphatic carbocycles. The molecule has 0 atom stereocenters. The second-order valence-electron chi connectivity index (χ2n) is 10.0. The van der Waals surface area contributed by atoms with Crippen molar-refractivity contribution in [3.63, 3.8) is 0 Å². The van der Waals surface area contributed by atoms with E-state index >= 15 is 0 Å². The molecule has 0 radical (unpaired) electrons. The highest BCUT2D eigenvalue weighted by Crippen LogP contribution is 2.27. The van der Waals surface area contributed by atoms with Crippen molar-refractivity contribution in [1.29, 1.82) is 0 Å². The molecule has 0 saturated carbocycles. The van der Waals surface area contributed by atoms with Crippen molar-refractivity contribution in [2.45, 2.75) is 20.8 Å². The molecule has 216 valence electrons. The minimum absolute atomic E-state index is 0.108. The third-order valence-electron chi connectivity index (χ3n) is 6.55. The van der Waals surface area contributed by atoms with E-state index in [-0.39, 0.29) is 18.4 Å². The van der Waals surface area contributed by atoms with Crippen LogP contribution in [0, 0.1) is 20.8 Å². The number of carbonyl (C=O) groups excluding carboxylic acids is 2. The number of hydrogen-bond acceptors (Lipinski definition) is 7. The first-order chi connectivity index (χ1) is 20.8. The van der Waals surface area contributed by atoms with Gasteiger partial charge in [-0.05, 0) is 92.1 Å². The second-order valence-corrected chi connectivity index (χ2v) is 10.9. The minimum atomic E-state index is -0.322. The number of thiazole rings is 1. The van der Waals surface area contributed by atoms with Crippen molar-refractivity contribution in [2.24, 2.45) is 5.10 Å². The Morgan fingerprint density at radius 2 is 1.60 bits per heavy atom. The van der Waals surface area contributed by atoms with Crippen LogP contribution >= 0.6 is 11.3 Å². The van der Waals surface area contributed by atoms with Crippen LogP contribution in [0.4, 0.5) is 16.5 Å². The van der Waals surface area contributed by atoms with Gasteiger partial charge in [-0.15, -0.1) is 11.3 Å². The fraction of sp³-hybridized carbons (Fsp3) is 0.118. The van der Waals surface area contributed by atoms with E-state index in [9.17, 15) is 9.59 Å². The summed E-state index contributed by atoms with van der Waals surface area (Å²) in [5.41, 5.74) is 10.6. The number of aryl methyl sites for hydroxylation is 3. The molecular weight excluding hydrogens is 558 g/mol. The van der Waals surface area contributed by atoms with Crippen LogP contribution in [0.1, 0.15) is 32.6 Å². The predicted molar refractivity (Wildman–Crippen MR) is 174 cm³/mol. The lowest BCUT2D eigenvalue weighted by Crippen LogP contribution is -2.20. The Kier molecular flexibility index (Phi) is 9.23. The van der Waals surface area contributed by atoms with Crippen molar-refractivity contribution >= 4 is 45.9 Å². The maximum atomic E-state index is 12.6. The molecule has 2 amide bonds. The third kappa shape index (κ3) is 8.15. The van der Waals surface area contributed by atoms with Crippen molar-refractivity contribution in [3.05, 3.63) is 124 Å². The average molecular weight is 590 g/mol. The Morgan fingerprint density at radius 1 is 0.884 bits per heavy atom. The van der Waals surface area contributed by atoms with Crippen molar-refractivity contribution in [3.8, 4) is 17.0 Å². The lowest BCUT2D eigenvalue weighted by molar-refractivity contribution is -0.118. The van der Waals surface area contributed by atoms with Crippen LogP contribution in [0.2, 0.25) is 0 Å². The van der Waals surface area contributed by atoms with Gasteiger partial charge in [0.25, 0.3) is 11.8 Å². The van der Waals surface area contributed by atoms with Gasteiger partial charge in [0, 0.05) is 27.9 Å². The minimum Gasteiger partial charge on any atom is -0.484 e. The normalized spacial score (nSPS) is 10.9. The number of nitrogens with zero attached hydrogens (tertiary/aromatic N) is 2. The molecule has 4 aromatic carbocycles. The molecule has 0 saturated heterocycles. The van der Waals surface area contributed by atoms with Gasteiger partial charge >= 0.3 is 0 Å². The molecule has 0 aliphatic rings. The number of nitrogens with one attached hydrogen (secondary N) is 3. The molecule has 8 nitrogen and oxygen atoms in total. The largest absolute Gasteiger partial charge is 0.484 e. The summed E-state index contributed by atoms with van der Waals surface area (Å²) >= 11 is 1.52. The lowest BCUT2D eigenvalue weighted by atomic mass is 10.1. The molecule has 0 spiro atoms. The first-order valence-corrected chi connectivity index (χ1v) is 14.5. The van der Waals surface area contributed by atoms with Crippen LogP contribution in [-0.4, -0.2) is 29.6 Å². The number of aromatic nitrogens is 1. The first-order valence-electron chi connectivity index (χ1n) is 13.7. The number of amides is 2. The summed E-state index contributed by atoms with van der Waals surface area (Å²) in [7, 11) is 0. The zero-order valence-electron chi connectivity index (χ0n) is 24.0. The maximum Gasteiger partial charge on any atom is 0.271 e. The van der Waals surface area contributed by atoms with Crippen LogP contribution < -0.4 is 20.8 Å². The number of ether oxygens (including phenoxy) is 1. The summed E-state index contributed by atoms with van der Waals surface area (Å²) in [6.45, 7) is 5.86. The molecule has 1 heterocycles. The van der Waals surface area contributed by atoms with E-state index in [1.807, 2.05) is 61.7 Å². The summed E-state index contributed by atoms with van der Waals surface area (Å²) in [5, 5.41) is 13.0. The number of carbonyl (C=O) groups is 2. The quantitative estimate of drug-likeness (QED) is 0.117. The summed E-state index contributed by atoms with van der Waals surface area (Å²) in [6, 6.07) is 28.3. The maximum absolute atomic E-state index is 12.6. The van der Waals surface area contributed by atoms with Gasteiger partial charge in [-0.3, -0.25) is 9.59 Å². The highest BCUT2D eigenvalue weighted by molar-refractivity contribution is 7.14. The summed E-state index contributed by atoms with van der Waals surface area (Å²) in [5.74, 6) is -0.00490. The molecule has 9 heteroatoms. The van der Waals surface area contributed by atoms with Gasteiger partial charge in [-0.1, -0.05) is 42.0 Å². The van der Waals surface area contributed by atoms with E-state index in [2.05, 4.69) is 45.2 Å². The zero-order valence-corrected chi connectivity index (χ0v) is 24.9. The zero-order chi connectivity index (χ0) is 30.2. The third-order valence-corrected chi connectivity index (χ3v) is 7.30. The van der Waals surface area contributed by atoms with Crippen LogP contribution in [-0.2, 0) is 4.79 Å². The summed E-state index contributed by atoms with van der Waals surface area (Å²) in [6.07, 6.45) is 1.54. The Balaban J connectivity index is 1.08. The Bertz CT molecular complexity index is 1740. The fourth-order valence-corrected chi connectivity index (χ4v) is 4.84. The smallest absolute Gasteiger partial charge is 0.271 e. The number of rotatable bonds is 10. The molecule has 0 bridgehead atoms. The Hall–Kier alpha value is -5.28. The highest BCUT2D eigenvalue weighted by atomic mass is 32.1. The van der Waals surface area contributed by atoms with E-state index in [4.69, 9.17) is 4.74 Å². The van der Waals surface area contributed by atoms with Gasteiger partial charge in [0.15, 0.2) is 11.7 Å². The van der Waals surface area contributed by atoms with Crippen molar-refractivity contribution in [1.82, 2.24) is 10.4 Å². The molecule has 5 rings (SSSR count). The monoisotopic (exact) mass is 589 g/mol. The van der Waals surface area contributed by atoms with E-state index in [1.54, 1.807) is 42.6 Å². The molecule has 1 aromatic heterocycles. The SMILES string of the molecule is Cc1ccc(Nc2nc(-c3ccc(C(=O)N/N=C/c4ccc(OCC(=O)Nc5cc(C)ccc5C)cc4)cc3)cs2)cc1. The van der Waals surface area contributed by atoms with E-state index in [0.717, 1.165) is 44.5 Å². The molecule has 43 heavy (non-hydrogen) atoms. The highest BCUT2D eigenvalue weighted by Gasteiger charge is 2.09. The van der Waals surface area contributed by atoms with Gasteiger partial charge in [-0.2, -0.15) is 5.10 Å². The predicted octanol–water partition coefficient (Wildman–Crippen LogP) is 7.26. The number of benzene rings is 4. The van der Waals surface area contributed by atoms with Crippen LogP contribution in [0.15, 0.2) is 101 Å². The van der Waals surface area contributed by atoms with Crippen LogP contribution in [0.3, 0.4) is 0 Å². The van der Waals surface area contributed by atoms with Gasteiger partial charge in [0.05, 0.1) is 11.9 Å². The molecule has 3 N–H and O–H groups in total. The number of anilines is 3. The summed E-state index contributed by atoms with van der Waals surface area (Å²) < 4.78 is 5.61. The molecular formula is C34H31N5O3S. The van der Waals surface area contributed by atoms with Gasteiger partial charge in [0.1, 0.15) is 5.75 Å². The van der Waals surface area contributed by atoms with Gasteiger partial charge in [-0.25, -0.2) is 10.4 Å². The van der Waals surface area contributed by atoms with E-state index in [0.29, 0.717) is 11.3 Å². The van der Waals surface area contributed by atoms with Crippen LogP contribution in [0.25, 0.3) is 11.3 Å². The Morgan fingerprint density at radius 3 is 2.35 bits per heavy atom. The summed E-state index contributed by atoms with van der Waals surface area (Å²) in [4.78, 5) is 29.5. The molecule has 5 aromatic rings. The van der Waals surface area contributed by atoms with Gasteiger partial charge < -0.3 is 15.4 Å². The standard InChI is InChI=1S/C34H31N5O3S/c1-22-5-14-28(15-6-22)36-34-38-31(21-43-34)26-10-12-27(13-11-26)33(41)39-35-19-25-8-16-29(17-9-25)42-20-32(40)37-30-18-23(2)4-7-24(30)3/h4-19,21H,20H2,1-3H3,(H,36,38)(H,37,40)(H,39,41)/b35-19+. The number of hydrazone groups is 1. The molecule has 0 fully saturated rings. The first kappa shape index (κ1) is 29.2. The van der Waals surface area contributed by atoms with Gasteiger partial charge in [0.2, 0.25) is 0 Å². The second kappa shape index (κ2) is 13.6. The molecule has 0 aliphatic heterocycles. The van der Waals surface area contributed by atoms with Crippen LogP contribution in [0.5, 0.6) is 5.75 Å². The lowest BCUT2D eigenvalue weighted by Gasteiger charge is -2.10. The average Bonchev–Trinajstić information content (AvgIpc) is 3.48. The van der Waals surface area contributed by atoms with Crippen molar-refractivity contribution < 1.29 is 14.3 Å². The molecule has 0 unspecified atom stereocenters. The van der Waals surface area contributed by atoms with E-state index < -0.39 is 0 Å². The Labute approximate surface area is 254 Å².